The quantitative estimate of drug-likeness (QED) is 0.828. The van der Waals surface area contributed by atoms with Gasteiger partial charge in [-0.2, -0.15) is 0 Å². The maximum atomic E-state index is 12.8. The van der Waals surface area contributed by atoms with Gasteiger partial charge in [-0.05, 0) is 31.9 Å². The van der Waals surface area contributed by atoms with Crippen LogP contribution in [0.2, 0.25) is 0 Å². The SMILES string of the molecule is CCOC(=O)CN1CC(CC)N2NC(c3ccc(C)cc3)C=C2C1=O. The van der Waals surface area contributed by atoms with Gasteiger partial charge in [-0.3, -0.25) is 14.6 Å². The van der Waals surface area contributed by atoms with Gasteiger partial charge in [0.2, 0.25) is 0 Å². The summed E-state index contributed by atoms with van der Waals surface area (Å²) in [6, 6.07) is 8.39. The standard InChI is InChI=1S/C19H25N3O3/c1-4-15-11-21(12-18(23)25-5-2)19(24)17-10-16(20-22(15)17)14-8-6-13(3)7-9-14/h6-10,15-16,20H,4-5,11-12H2,1-3H3. The van der Waals surface area contributed by atoms with E-state index in [1.54, 1.807) is 11.8 Å². The third-order valence-corrected chi connectivity index (χ3v) is 4.70. The van der Waals surface area contributed by atoms with Crippen LogP contribution in [0, 0.1) is 6.92 Å². The van der Waals surface area contributed by atoms with Crippen molar-refractivity contribution in [2.24, 2.45) is 0 Å². The Balaban J connectivity index is 1.81. The van der Waals surface area contributed by atoms with E-state index in [-0.39, 0.29) is 30.5 Å². The van der Waals surface area contributed by atoms with Crippen molar-refractivity contribution < 1.29 is 14.3 Å². The summed E-state index contributed by atoms with van der Waals surface area (Å²) in [5, 5.41) is 1.97. The number of ether oxygens (including phenoxy) is 1. The Bertz CT molecular complexity index is 684. The van der Waals surface area contributed by atoms with E-state index < -0.39 is 0 Å². The molecule has 2 atom stereocenters. The maximum Gasteiger partial charge on any atom is 0.325 e. The minimum absolute atomic E-state index is 0.00352. The van der Waals surface area contributed by atoms with Crippen molar-refractivity contribution in [2.45, 2.75) is 39.3 Å². The van der Waals surface area contributed by atoms with Crippen LogP contribution in [0.3, 0.4) is 0 Å². The summed E-state index contributed by atoms with van der Waals surface area (Å²) in [4.78, 5) is 26.2. The number of carbonyl (C=O) groups is 2. The highest BCUT2D eigenvalue weighted by Crippen LogP contribution is 2.31. The summed E-state index contributed by atoms with van der Waals surface area (Å²) >= 11 is 0. The lowest BCUT2D eigenvalue weighted by atomic mass is 10.0. The molecule has 1 fully saturated rings. The van der Waals surface area contributed by atoms with Gasteiger partial charge >= 0.3 is 5.97 Å². The number of rotatable bonds is 5. The third kappa shape index (κ3) is 3.54. The summed E-state index contributed by atoms with van der Waals surface area (Å²) in [6.07, 6.45) is 2.82. The molecule has 1 aromatic carbocycles. The number of amides is 1. The average Bonchev–Trinajstić information content (AvgIpc) is 3.04. The Labute approximate surface area is 148 Å². The second-order valence-corrected chi connectivity index (χ2v) is 6.49. The van der Waals surface area contributed by atoms with Gasteiger partial charge in [0.1, 0.15) is 12.2 Å². The number of carbonyl (C=O) groups excluding carboxylic acids is 2. The van der Waals surface area contributed by atoms with Gasteiger partial charge in [-0.1, -0.05) is 36.8 Å². The zero-order valence-electron chi connectivity index (χ0n) is 15.0. The van der Waals surface area contributed by atoms with Crippen molar-refractivity contribution in [3.05, 3.63) is 47.2 Å². The van der Waals surface area contributed by atoms with Crippen molar-refractivity contribution in [3.8, 4) is 0 Å². The summed E-state index contributed by atoms with van der Waals surface area (Å²) in [5.41, 5.74) is 6.38. The molecule has 0 aromatic heterocycles. The molecular formula is C19H25N3O3. The molecule has 1 amide bonds. The molecule has 134 valence electrons. The summed E-state index contributed by atoms with van der Waals surface area (Å²) in [6.45, 7) is 6.74. The lowest BCUT2D eigenvalue weighted by Gasteiger charge is -2.40. The molecule has 2 unspecified atom stereocenters. The predicted molar refractivity (Wildman–Crippen MR) is 94.3 cm³/mol. The van der Waals surface area contributed by atoms with Crippen molar-refractivity contribution in [1.82, 2.24) is 15.3 Å². The van der Waals surface area contributed by atoms with E-state index in [0.29, 0.717) is 18.8 Å². The third-order valence-electron chi connectivity index (χ3n) is 4.70. The Morgan fingerprint density at radius 2 is 2.00 bits per heavy atom. The van der Waals surface area contributed by atoms with Crippen molar-refractivity contribution >= 4 is 11.9 Å². The molecule has 25 heavy (non-hydrogen) atoms. The van der Waals surface area contributed by atoms with Crippen LogP contribution in [0.25, 0.3) is 0 Å². The van der Waals surface area contributed by atoms with Gasteiger partial charge in [0, 0.05) is 6.54 Å². The fraction of sp³-hybridized carbons (Fsp3) is 0.474. The first-order valence-corrected chi connectivity index (χ1v) is 8.82. The van der Waals surface area contributed by atoms with E-state index in [0.717, 1.165) is 12.0 Å². The van der Waals surface area contributed by atoms with Crippen LogP contribution in [-0.2, 0) is 14.3 Å². The largest absolute Gasteiger partial charge is 0.465 e. The van der Waals surface area contributed by atoms with Crippen molar-refractivity contribution in [1.29, 1.82) is 0 Å². The number of hydrogen-bond acceptors (Lipinski definition) is 5. The maximum absolute atomic E-state index is 12.8. The number of benzene rings is 1. The second-order valence-electron chi connectivity index (χ2n) is 6.49. The normalized spacial score (nSPS) is 22.7. The second kappa shape index (κ2) is 7.27. The van der Waals surface area contributed by atoms with Crippen LogP contribution < -0.4 is 5.43 Å². The highest BCUT2D eigenvalue weighted by atomic mass is 16.5. The first-order valence-electron chi connectivity index (χ1n) is 8.82. The monoisotopic (exact) mass is 343 g/mol. The number of hydrogen-bond donors (Lipinski definition) is 1. The fourth-order valence-electron chi connectivity index (χ4n) is 3.31. The molecule has 6 heteroatoms. The van der Waals surface area contributed by atoms with Crippen LogP contribution in [-0.4, -0.2) is 47.5 Å². The van der Waals surface area contributed by atoms with Crippen LogP contribution in [0.15, 0.2) is 36.0 Å². The number of hydrazine groups is 1. The molecule has 0 saturated carbocycles. The number of nitrogens with one attached hydrogen (secondary N) is 1. The van der Waals surface area contributed by atoms with E-state index >= 15 is 0 Å². The van der Waals surface area contributed by atoms with Crippen LogP contribution >= 0.6 is 0 Å². The highest BCUT2D eigenvalue weighted by Gasteiger charge is 2.40. The number of fused-ring (bicyclic) bond motifs is 1. The van der Waals surface area contributed by atoms with Crippen LogP contribution in [0.4, 0.5) is 0 Å². The Morgan fingerprint density at radius 3 is 2.64 bits per heavy atom. The first kappa shape index (κ1) is 17.5. The zero-order chi connectivity index (χ0) is 18.0. The molecule has 0 spiro atoms. The van der Waals surface area contributed by atoms with Gasteiger partial charge in [0.15, 0.2) is 0 Å². The molecule has 6 nitrogen and oxygen atoms in total. The predicted octanol–water partition coefficient (Wildman–Crippen LogP) is 1.92. The number of nitrogens with zero attached hydrogens (tertiary/aromatic N) is 2. The van der Waals surface area contributed by atoms with E-state index in [2.05, 4.69) is 43.5 Å². The van der Waals surface area contributed by atoms with Gasteiger partial charge in [-0.25, -0.2) is 5.43 Å². The number of piperazine rings is 1. The number of esters is 1. The van der Waals surface area contributed by atoms with Gasteiger partial charge in [-0.15, -0.1) is 0 Å². The summed E-state index contributed by atoms with van der Waals surface area (Å²) < 4.78 is 4.99. The molecular weight excluding hydrogens is 318 g/mol. The van der Waals surface area contributed by atoms with Crippen LogP contribution in [0.1, 0.15) is 37.4 Å². The summed E-state index contributed by atoms with van der Waals surface area (Å²) in [7, 11) is 0. The molecule has 1 N–H and O–H groups in total. The fourth-order valence-corrected chi connectivity index (χ4v) is 3.31. The smallest absolute Gasteiger partial charge is 0.325 e. The van der Waals surface area contributed by atoms with E-state index in [1.807, 2.05) is 11.1 Å². The Kier molecular flexibility index (Phi) is 5.08. The molecule has 0 bridgehead atoms. The molecule has 2 heterocycles. The molecule has 0 radical (unpaired) electrons. The average molecular weight is 343 g/mol. The minimum atomic E-state index is -0.360. The highest BCUT2D eigenvalue weighted by molar-refractivity contribution is 5.96. The zero-order valence-corrected chi connectivity index (χ0v) is 15.0. The van der Waals surface area contributed by atoms with Gasteiger partial charge in [0.05, 0.1) is 18.7 Å². The number of aryl methyl sites for hydroxylation is 1. The molecule has 2 aliphatic rings. The lowest BCUT2D eigenvalue weighted by Crippen LogP contribution is -2.57. The molecule has 1 aromatic rings. The van der Waals surface area contributed by atoms with Gasteiger partial charge < -0.3 is 9.64 Å². The van der Waals surface area contributed by atoms with E-state index in [9.17, 15) is 9.59 Å². The van der Waals surface area contributed by atoms with Crippen molar-refractivity contribution in [3.63, 3.8) is 0 Å². The Morgan fingerprint density at radius 1 is 1.28 bits per heavy atom. The molecule has 0 aliphatic carbocycles. The van der Waals surface area contributed by atoms with E-state index in [1.165, 1.54) is 5.56 Å². The summed E-state index contributed by atoms with van der Waals surface area (Å²) in [5.74, 6) is -0.486. The molecule has 2 aliphatic heterocycles. The first-order chi connectivity index (χ1) is 12.0. The topological polar surface area (TPSA) is 61.9 Å². The molecule has 3 rings (SSSR count). The molecule has 1 saturated heterocycles. The lowest BCUT2D eigenvalue weighted by molar-refractivity contribution is -0.150. The van der Waals surface area contributed by atoms with Crippen molar-refractivity contribution in [2.75, 3.05) is 19.7 Å². The Hall–Kier alpha value is -2.34. The van der Waals surface area contributed by atoms with E-state index in [4.69, 9.17) is 4.74 Å². The van der Waals surface area contributed by atoms with Gasteiger partial charge in [0.25, 0.3) is 5.91 Å². The minimum Gasteiger partial charge on any atom is -0.465 e. The van der Waals surface area contributed by atoms with Crippen LogP contribution in [0.5, 0.6) is 0 Å².